The fraction of sp³-hybridized carbons (Fsp3) is 0.348. The predicted octanol–water partition coefficient (Wildman–Crippen LogP) is 4.81. The largest absolute Gasteiger partial charge is 0.448 e. The molecule has 1 aliphatic carbocycles. The Kier molecular flexibility index (Phi) is 4.67. The molecule has 1 fully saturated rings. The Hall–Kier alpha value is -2.73. The van der Waals surface area contributed by atoms with Crippen molar-refractivity contribution >= 4 is 6.09 Å². The molecule has 2 aromatic rings. The van der Waals surface area contributed by atoms with Gasteiger partial charge in [0.1, 0.15) is 6.61 Å². The van der Waals surface area contributed by atoms with Gasteiger partial charge in [-0.15, -0.1) is 12.3 Å². The highest BCUT2D eigenvalue weighted by Crippen LogP contribution is 2.44. The number of hydrogen-bond donors (Lipinski definition) is 0. The van der Waals surface area contributed by atoms with Crippen LogP contribution in [0.5, 0.6) is 0 Å². The third-order valence-corrected chi connectivity index (χ3v) is 5.57. The molecule has 0 bridgehead atoms. The van der Waals surface area contributed by atoms with Gasteiger partial charge in [-0.3, -0.25) is 0 Å². The summed E-state index contributed by atoms with van der Waals surface area (Å²) in [5.41, 5.74) is 4.98. The topological polar surface area (TPSA) is 29.5 Å². The third-order valence-electron chi connectivity index (χ3n) is 5.57. The molecule has 0 radical (unpaired) electrons. The standard InChI is InChI=1S/C23H23NO2/c1-2-3-9-17-10-8-15-24(17)23(25)26-16-22-20-13-6-4-11-18(20)19-12-5-7-14-21(19)22/h1,4-7,11-14,17,22H,3,8-10,15-16H2. The Morgan fingerprint density at radius 1 is 1.12 bits per heavy atom. The molecule has 1 unspecified atom stereocenters. The molecule has 1 saturated heterocycles. The summed E-state index contributed by atoms with van der Waals surface area (Å²) in [5, 5.41) is 0. The van der Waals surface area contributed by atoms with Crippen LogP contribution >= 0.6 is 0 Å². The molecule has 1 heterocycles. The smallest absolute Gasteiger partial charge is 0.410 e. The first-order valence-corrected chi connectivity index (χ1v) is 9.34. The van der Waals surface area contributed by atoms with Gasteiger partial charge in [-0.2, -0.15) is 0 Å². The van der Waals surface area contributed by atoms with Crippen molar-refractivity contribution in [1.82, 2.24) is 4.90 Å². The molecule has 0 saturated carbocycles. The number of benzene rings is 2. The van der Waals surface area contributed by atoms with Crippen molar-refractivity contribution < 1.29 is 9.53 Å². The lowest BCUT2D eigenvalue weighted by molar-refractivity contribution is 0.0945. The number of hydrogen-bond acceptors (Lipinski definition) is 2. The Bertz CT molecular complexity index is 806. The quantitative estimate of drug-likeness (QED) is 0.744. The van der Waals surface area contributed by atoms with Crippen LogP contribution in [0.15, 0.2) is 48.5 Å². The van der Waals surface area contributed by atoms with Crippen molar-refractivity contribution in [3.05, 3.63) is 59.7 Å². The van der Waals surface area contributed by atoms with Gasteiger partial charge in [0.2, 0.25) is 0 Å². The van der Waals surface area contributed by atoms with Crippen LogP contribution in [0.1, 0.15) is 42.7 Å². The molecule has 26 heavy (non-hydrogen) atoms. The van der Waals surface area contributed by atoms with E-state index in [1.807, 2.05) is 4.90 Å². The fourth-order valence-corrected chi connectivity index (χ4v) is 4.30. The summed E-state index contributed by atoms with van der Waals surface area (Å²) in [5.74, 6) is 2.78. The zero-order chi connectivity index (χ0) is 17.9. The second-order valence-corrected chi connectivity index (χ2v) is 7.04. The van der Waals surface area contributed by atoms with Gasteiger partial charge in [0.05, 0.1) is 0 Å². The average Bonchev–Trinajstić information content (AvgIpc) is 3.27. The summed E-state index contributed by atoms with van der Waals surface area (Å²) in [4.78, 5) is 14.5. The van der Waals surface area contributed by atoms with E-state index in [0.717, 1.165) is 25.8 Å². The zero-order valence-corrected chi connectivity index (χ0v) is 14.9. The molecular formula is C23H23NO2. The monoisotopic (exact) mass is 345 g/mol. The van der Waals surface area contributed by atoms with Crippen LogP contribution < -0.4 is 0 Å². The first-order chi connectivity index (χ1) is 12.8. The van der Waals surface area contributed by atoms with E-state index in [1.165, 1.54) is 22.3 Å². The second kappa shape index (κ2) is 7.25. The Morgan fingerprint density at radius 2 is 1.77 bits per heavy atom. The summed E-state index contributed by atoms with van der Waals surface area (Å²) in [7, 11) is 0. The van der Waals surface area contributed by atoms with E-state index in [9.17, 15) is 4.79 Å². The summed E-state index contributed by atoms with van der Waals surface area (Å²) < 4.78 is 5.77. The highest BCUT2D eigenvalue weighted by Gasteiger charge is 2.32. The molecule has 0 aromatic heterocycles. The lowest BCUT2D eigenvalue weighted by atomic mass is 9.98. The van der Waals surface area contributed by atoms with E-state index < -0.39 is 0 Å². The van der Waals surface area contributed by atoms with E-state index in [1.54, 1.807) is 0 Å². The van der Waals surface area contributed by atoms with Crippen molar-refractivity contribution in [2.45, 2.75) is 37.6 Å². The first-order valence-electron chi connectivity index (χ1n) is 9.34. The van der Waals surface area contributed by atoms with Gasteiger partial charge >= 0.3 is 6.09 Å². The number of carbonyl (C=O) groups is 1. The van der Waals surface area contributed by atoms with E-state index in [0.29, 0.717) is 13.0 Å². The van der Waals surface area contributed by atoms with Crippen LogP contribution in [0.3, 0.4) is 0 Å². The third kappa shape index (κ3) is 2.97. The number of fused-ring (bicyclic) bond motifs is 3. The Morgan fingerprint density at radius 3 is 2.42 bits per heavy atom. The minimum atomic E-state index is -0.202. The van der Waals surface area contributed by atoms with Gasteiger partial charge in [-0.25, -0.2) is 4.79 Å². The maximum Gasteiger partial charge on any atom is 0.410 e. The molecule has 132 valence electrons. The van der Waals surface area contributed by atoms with Crippen LogP contribution in [0, 0.1) is 12.3 Å². The van der Waals surface area contributed by atoms with Crippen molar-refractivity contribution in [2.75, 3.05) is 13.2 Å². The molecule has 0 N–H and O–H groups in total. The predicted molar refractivity (Wildman–Crippen MR) is 103 cm³/mol. The lowest BCUT2D eigenvalue weighted by Crippen LogP contribution is -2.36. The first kappa shape index (κ1) is 16.7. The maximum absolute atomic E-state index is 12.7. The lowest BCUT2D eigenvalue weighted by Gasteiger charge is -2.24. The molecule has 3 heteroatoms. The maximum atomic E-state index is 12.7. The summed E-state index contributed by atoms with van der Waals surface area (Å²) in [6.45, 7) is 1.15. The van der Waals surface area contributed by atoms with Crippen LogP contribution in [0.4, 0.5) is 4.79 Å². The number of carbonyl (C=O) groups excluding carboxylic acids is 1. The van der Waals surface area contributed by atoms with Crippen LogP contribution in [0.2, 0.25) is 0 Å². The van der Waals surface area contributed by atoms with Crippen molar-refractivity contribution in [2.24, 2.45) is 0 Å². The summed E-state index contributed by atoms with van der Waals surface area (Å²) in [6, 6.07) is 17.0. The zero-order valence-electron chi connectivity index (χ0n) is 14.9. The van der Waals surface area contributed by atoms with Crippen LogP contribution in [-0.2, 0) is 4.74 Å². The second-order valence-electron chi connectivity index (χ2n) is 7.04. The molecule has 0 spiro atoms. The molecule has 3 nitrogen and oxygen atoms in total. The minimum Gasteiger partial charge on any atom is -0.448 e. The van der Waals surface area contributed by atoms with E-state index in [4.69, 9.17) is 11.2 Å². The van der Waals surface area contributed by atoms with Gasteiger partial charge in [0, 0.05) is 24.9 Å². The van der Waals surface area contributed by atoms with E-state index in [-0.39, 0.29) is 18.1 Å². The van der Waals surface area contributed by atoms with Gasteiger partial charge < -0.3 is 9.64 Å². The Balaban J connectivity index is 1.48. The van der Waals surface area contributed by atoms with Gasteiger partial charge in [-0.1, -0.05) is 48.5 Å². The molecule has 1 amide bonds. The van der Waals surface area contributed by atoms with E-state index in [2.05, 4.69) is 54.5 Å². The number of terminal acetylenes is 1. The summed E-state index contributed by atoms with van der Waals surface area (Å²) >= 11 is 0. The fourth-order valence-electron chi connectivity index (χ4n) is 4.30. The average molecular weight is 345 g/mol. The van der Waals surface area contributed by atoms with Crippen LogP contribution in [-0.4, -0.2) is 30.2 Å². The molecule has 2 aromatic carbocycles. The molecule has 4 rings (SSSR count). The Labute approximate surface area is 155 Å². The SMILES string of the molecule is C#CCCC1CCCN1C(=O)OCC1c2ccccc2-c2ccccc21. The number of ether oxygens (including phenoxy) is 1. The summed E-state index contributed by atoms with van der Waals surface area (Å²) in [6.07, 6.45) is 8.79. The highest BCUT2D eigenvalue weighted by atomic mass is 16.6. The minimum absolute atomic E-state index is 0.109. The van der Waals surface area contributed by atoms with Gasteiger partial charge in [0.15, 0.2) is 0 Å². The van der Waals surface area contributed by atoms with Gasteiger partial charge in [0.25, 0.3) is 0 Å². The van der Waals surface area contributed by atoms with E-state index >= 15 is 0 Å². The van der Waals surface area contributed by atoms with Gasteiger partial charge in [-0.05, 0) is 41.5 Å². The number of nitrogens with zero attached hydrogens (tertiary/aromatic N) is 1. The molecule has 1 atom stereocenters. The number of amides is 1. The van der Waals surface area contributed by atoms with Crippen molar-refractivity contribution in [1.29, 1.82) is 0 Å². The molecular weight excluding hydrogens is 322 g/mol. The number of likely N-dealkylation sites (tertiary alicyclic amines) is 1. The van der Waals surface area contributed by atoms with Crippen LogP contribution in [0.25, 0.3) is 11.1 Å². The van der Waals surface area contributed by atoms with Crippen molar-refractivity contribution in [3.8, 4) is 23.5 Å². The van der Waals surface area contributed by atoms with Crippen molar-refractivity contribution in [3.63, 3.8) is 0 Å². The highest BCUT2D eigenvalue weighted by molar-refractivity contribution is 5.79. The molecule has 1 aliphatic heterocycles. The normalized spacial score (nSPS) is 18.3. The number of rotatable bonds is 4. The molecule has 2 aliphatic rings.